The quantitative estimate of drug-likeness (QED) is 0.107. The minimum absolute atomic E-state index is 0.0238. The normalized spacial score (nSPS) is 35.3. The molecule has 4 aliphatic rings. The highest BCUT2D eigenvalue weighted by Gasteiger charge is 2.59. The summed E-state index contributed by atoms with van der Waals surface area (Å²) in [5.41, 5.74) is 2.46. The number of carbonyl (C=O) groups excluding carboxylic acids is 1. The third kappa shape index (κ3) is 6.90. The fourth-order valence-corrected chi connectivity index (χ4v) is 13.6. The maximum Gasteiger partial charge on any atom is 0.337 e. The predicted octanol–water partition coefficient (Wildman–Crippen LogP) is 10.8. The maximum absolute atomic E-state index is 12.7. The number of hydrogen-bond donors (Lipinski definition) is 0. The average Bonchev–Trinajstić information content (AvgIpc) is 3.26. The Hall–Kier alpha value is 0.580. The van der Waals surface area contributed by atoms with Gasteiger partial charge in [-0.2, -0.15) is 0 Å². The van der Waals surface area contributed by atoms with Crippen molar-refractivity contribution in [2.75, 3.05) is 6.61 Å². The van der Waals surface area contributed by atoms with Crippen molar-refractivity contribution in [2.45, 2.75) is 111 Å². The molecule has 41 heavy (non-hydrogen) atoms. The molecule has 5 rings (SSSR count). The third-order valence-corrected chi connectivity index (χ3v) is 14.1. The van der Waals surface area contributed by atoms with Gasteiger partial charge in [0.15, 0.2) is 5.75 Å². The molecule has 0 bridgehead atoms. The fraction of sp³-hybridized carbons (Fsp3) is 0.743. The molecule has 1 aromatic rings. The lowest BCUT2D eigenvalue weighted by Gasteiger charge is -2.58. The molecular formula is C35H49I3O3. The van der Waals surface area contributed by atoms with E-state index in [2.05, 4.69) is 108 Å². The van der Waals surface area contributed by atoms with Crippen LogP contribution in [0, 0.1) is 57.0 Å². The summed E-state index contributed by atoms with van der Waals surface area (Å²) in [5.74, 6) is 5.51. The minimum atomic E-state index is -0.297. The molecule has 0 amide bonds. The largest absolute Gasteiger partial charge is 0.423 e. The van der Waals surface area contributed by atoms with Crippen molar-refractivity contribution in [3.05, 3.63) is 34.5 Å². The second-order valence-electron chi connectivity index (χ2n) is 14.6. The Labute approximate surface area is 289 Å². The number of esters is 1. The Bertz CT molecular complexity index is 1120. The number of rotatable bonds is 9. The molecule has 0 heterocycles. The molecule has 0 radical (unpaired) electrons. The van der Waals surface area contributed by atoms with Gasteiger partial charge in [-0.3, -0.25) is 0 Å². The van der Waals surface area contributed by atoms with Crippen LogP contribution in [-0.4, -0.2) is 18.7 Å². The zero-order valence-corrected chi connectivity index (χ0v) is 32.1. The molecule has 228 valence electrons. The van der Waals surface area contributed by atoms with Gasteiger partial charge in [-0.25, -0.2) is 4.79 Å². The predicted molar refractivity (Wildman–Crippen MR) is 193 cm³/mol. The summed E-state index contributed by atoms with van der Waals surface area (Å²) in [4.78, 5) is 12.7. The molecule has 3 saturated carbocycles. The van der Waals surface area contributed by atoms with Crippen molar-refractivity contribution < 1.29 is 14.3 Å². The Kier molecular flexibility index (Phi) is 10.9. The van der Waals surface area contributed by atoms with Gasteiger partial charge >= 0.3 is 5.97 Å². The first-order valence-electron chi connectivity index (χ1n) is 16.1. The molecule has 0 saturated heterocycles. The van der Waals surface area contributed by atoms with Crippen LogP contribution in [0.5, 0.6) is 5.75 Å². The Morgan fingerprint density at radius 1 is 0.976 bits per heavy atom. The van der Waals surface area contributed by atoms with E-state index in [-0.39, 0.29) is 18.7 Å². The van der Waals surface area contributed by atoms with Crippen LogP contribution >= 0.6 is 67.8 Å². The second kappa shape index (κ2) is 13.5. The lowest BCUT2D eigenvalue weighted by molar-refractivity contribution is -0.142. The molecule has 3 nitrogen and oxygen atoms in total. The van der Waals surface area contributed by atoms with Crippen molar-refractivity contribution in [1.82, 2.24) is 0 Å². The smallest absolute Gasteiger partial charge is 0.337 e. The summed E-state index contributed by atoms with van der Waals surface area (Å²) in [6, 6.07) is 4.07. The monoisotopic (exact) mass is 898 g/mol. The van der Waals surface area contributed by atoms with Gasteiger partial charge in [0.1, 0.15) is 6.61 Å². The lowest BCUT2D eigenvalue weighted by atomic mass is 9.47. The Morgan fingerprint density at radius 2 is 1.71 bits per heavy atom. The van der Waals surface area contributed by atoms with Crippen LogP contribution in [0.3, 0.4) is 0 Å². The molecule has 0 aliphatic heterocycles. The summed E-state index contributed by atoms with van der Waals surface area (Å²) in [6.07, 6.45) is 17.1. The summed E-state index contributed by atoms with van der Waals surface area (Å²) in [7, 11) is 0. The van der Waals surface area contributed by atoms with Gasteiger partial charge in [0.05, 0.1) is 13.2 Å². The molecule has 8 atom stereocenters. The zero-order chi connectivity index (χ0) is 29.5. The third-order valence-electron chi connectivity index (χ3n) is 11.9. The summed E-state index contributed by atoms with van der Waals surface area (Å²) < 4.78 is 15.0. The summed E-state index contributed by atoms with van der Waals surface area (Å²) >= 11 is 6.77. The van der Waals surface area contributed by atoms with Gasteiger partial charge in [0.25, 0.3) is 0 Å². The van der Waals surface area contributed by atoms with Crippen LogP contribution in [-0.2, 0) is 9.53 Å². The van der Waals surface area contributed by atoms with Gasteiger partial charge in [0, 0.05) is 3.57 Å². The minimum Gasteiger partial charge on any atom is -0.423 e. The number of hydrogen-bond acceptors (Lipinski definition) is 3. The summed E-state index contributed by atoms with van der Waals surface area (Å²) in [6.45, 7) is 12.6. The van der Waals surface area contributed by atoms with Gasteiger partial charge in [-0.15, -0.1) is 0 Å². The fourth-order valence-electron chi connectivity index (χ4n) is 9.75. The summed E-state index contributed by atoms with van der Waals surface area (Å²) in [5, 5.41) is 0. The number of halogens is 3. The van der Waals surface area contributed by atoms with E-state index in [1.165, 1.54) is 57.8 Å². The van der Waals surface area contributed by atoms with Crippen LogP contribution in [0.4, 0.5) is 0 Å². The molecule has 0 spiro atoms. The first-order valence-corrected chi connectivity index (χ1v) is 19.3. The van der Waals surface area contributed by atoms with Crippen molar-refractivity contribution in [3.63, 3.8) is 0 Å². The molecule has 0 N–H and O–H groups in total. The van der Waals surface area contributed by atoms with E-state index in [4.69, 9.17) is 9.47 Å². The van der Waals surface area contributed by atoms with E-state index in [1.54, 1.807) is 5.57 Å². The Morgan fingerprint density at radius 3 is 2.41 bits per heavy atom. The van der Waals surface area contributed by atoms with Crippen LogP contribution in [0.25, 0.3) is 0 Å². The van der Waals surface area contributed by atoms with Crippen LogP contribution in [0.1, 0.15) is 105 Å². The molecule has 0 aromatic heterocycles. The van der Waals surface area contributed by atoms with Crippen LogP contribution in [0.15, 0.2) is 23.8 Å². The van der Waals surface area contributed by atoms with Gasteiger partial charge < -0.3 is 9.47 Å². The van der Waals surface area contributed by atoms with Crippen molar-refractivity contribution in [1.29, 1.82) is 0 Å². The van der Waals surface area contributed by atoms with E-state index in [0.29, 0.717) is 16.6 Å². The average molecular weight is 898 g/mol. The topological polar surface area (TPSA) is 35.5 Å². The highest BCUT2D eigenvalue weighted by Crippen LogP contribution is 2.67. The zero-order valence-electron chi connectivity index (χ0n) is 25.6. The highest BCUT2D eigenvalue weighted by molar-refractivity contribution is 14.1. The van der Waals surface area contributed by atoms with E-state index < -0.39 is 0 Å². The van der Waals surface area contributed by atoms with E-state index in [0.717, 1.165) is 59.1 Å². The van der Waals surface area contributed by atoms with Crippen molar-refractivity contribution >= 4 is 73.7 Å². The van der Waals surface area contributed by atoms with Crippen LogP contribution in [0.2, 0.25) is 0 Å². The van der Waals surface area contributed by atoms with Crippen LogP contribution < -0.4 is 4.74 Å². The second-order valence-corrected chi connectivity index (χ2v) is 18.2. The first kappa shape index (κ1) is 33.0. The van der Waals surface area contributed by atoms with Gasteiger partial charge in [-0.05, 0) is 178 Å². The lowest BCUT2D eigenvalue weighted by Crippen LogP contribution is -2.51. The molecule has 3 fully saturated rings. The number of allylic oxidation sites excluding steroid dienone is 1. The number of ether oxygens (including phenoxy) is 2. The van der Waals surface area contributed by atoms with E-state index >= 15 is 0 Å². The number of fused-ring (bicyclic) bond motifs is 5. The van der Waals surface area contributed by atoms with Crippen molar-refractivity contribution in [2.24, 2.45) is 46.3 Å². The molecule has 4 aliphatic carbocycles. The molecular weight excluding hydrogens is 849 g/mol. The van der Waals surface area contributed by atoms with E-state index in [9.17, 15) is 4.79 Å². The van der Waals surface area contributed by atoms with Gasteiger partial charge in [-0.1, -0.05) is 65.5 Å². The van der Waals surface area contributed by atoms with E-state index in [1.807, 2.05) is 12.1 Å². The maximum atomic E-state index is 12.7. The number of benzene rings is 1. The first-order chi connectivity index (χ1) is 19.4. The number of carbonyl (C=O) groups is 1. The molecule has 0 unspecified atom stereocenters. The standard InChI is InChI=1S/C35H49I3O3/c1-21(2)7-6-8-22(3)27-11-12-28-26-10-9-23-17-25(13-15-34(23,4)29(26)14-16-35(27,28)5)40-20-32(39)41-33-30(37)18-24(36)19-31(33)38/h9,18-19,21-22,25-29H,6-8,10-17,20H2,1-5H3/t22-,25+,26+,27-,28+,29+,34+,35-/m1/s1. The highest BCUT2D eigenvalue weighted by atomic mass is 127. The van der Waals surface area contributed by atoms with Crippen molar-refractivity contribution in [3.8, 4) is 5.75 Å². The molecule has 1 aromatic carbocycles. The van der Waals surface area contributed by atoms with Gasteiger partial charge in [0.2, 0.25) is 0 Å². The Balaban J connectivity index is 1.19. The SMILES string of the molecule is CC(C)CCC[C@@H](C)[C@H]1CC[C@H]2[C@@H]3CC=C4C[C@@H](OCC(=O)Oc5c(I)cc(I)cc5I)CC[C@]4(C)[C@H]3CC[C@]12C. The molecule has 6 heteroatoms.